The lowest BCUT2D eigenvalue weighted by atomic mass is 10.3. The molecule has 1 atom stereocenters. The number of hydrogen-bond acceptors (Lipinski definition) is 5. The molecule has 21 heavy (non-hydrogen) atoms. The number of ether oxygens (including phenoxy) is 1. The van der Waals surface area contributed by atoms with E-state index < -0.39 is 18.0 Å². The molecule has 0 aliphatic carbocycles. The van der Waals surface area contributed by atoms with E-state index in [2.05, 4.69) is 10.5 Å². The molecule has 0 spiro atoms. The van der Waals surface area contributed by atoms with Crippen molar-refractivity contribution in [1.82, 2.24) is 5.16 Å². The van der Waals surface area contributed by atoms with Gasteiger partial charge in [0.15, 0.2) is 6.10 Å². The van der Waals surface area contributed by atoms with Crippen molar-refractivity contribution in [3.8, 4) is 0 Å². The van der Waals surface area contributed by atoms with Crippen molar-refractivity contribution in [3.63, 3.8) is 0 Å². The number of amides is 1. The predicted octanol–water partition coefficient (Wildman–Crippen LogP) is 2.82. The second-order valence-electron chi connectivity index (χ2n) is 4.35. The minimum Gasteiger partial charge on any atom is -0.447 e. The third-order valence-corrected chi connectivity index (χ3v) is 2.94. The van der Waals surface area contributed by atoms with Crippen LogP contribution >= 0.6 is 11.6 Å². The van der Waals surface area contributed by atoms with Gasteiger partial charge >= 0.3 is 5.97 Å². The van der Waals surface area contributed by atoms with Gasteiger partial charge in [-0.1, -0.05) is 28.9 Å². The van der Waals surface area contributed by atoms with Gasteiger partial charge in [0, 0.05) is 6.07 Å². The molecule has 0 fully saturated rings. The number of rotatable bonds is 4. The number of anilines is 1. The highest BCUT2D eigenvalue weighted by Crippen LogP contribution is 2.20. The lowest BCUT2D eigenvalue weighted by Gasteiger charge is -2.13. The Bertz CT molecular complexity index is 668. The number of aryl methyl sites for hydroxylation is 1. The van der Waals surface area contributed by atoms with Gasteiger partial charge in [0.25, 0.3) is 5.91 Å². The molecule has 1 aromatic heterocycles. The molecule has 0 radical (unpaired) electrons. The predicted molar refractivity (Wildman–Crippen MR) is 76.2 cm³/mol. The van der Waals surface area contributed by atoms with E-state index in [1.54, 1.807) is 31.2 Å². The largest absolute Gasteiger partial charge is 0.447 e. The van der Waals surface area contributed by atoms with Crippen molar-refractivity contribution in [3.05, 3.63) is 46.8 Å². The maximum atomic E-state index is 11.9. The summed E-state index contributed by atoms with van der Waals surface area (Å²) in [7, 11) is 0. The van der Waals surface area contributed by atoms with Gasteiger partial charge in [-0.2, -0.15) is 0 Å². The summed E-state index contributed by atoms with van der Waals surface area (Å²) in [4.78, 5) is 23.7. The van der Waals surface area contributed by atoms with Gasteiger partial charge in [-0.05, 0) is 26.0 Å². The summed E-state index contributed by atoms with van der Waals surface area (Å²) in [6.45, 7) is 3.13. The summed E-state index contributed by atoms with van der Waals surface area (Å²) < 4.78 is 9.76. The number of para-hydroxylation sites is 1. The smallest absolute Gasteiger partial charge is 0.377 e. The Morgan fingerprint density at radius 1 is 1.38 bits per heavy atom. The van der Waals surface area contributed by atoms with Crippen molar-refractivity contribution in [2.45, 2.75) is 20.0 Å². The molecule has 7 heteroatoms. The number of aromatic nitrogens is 1. The van der Waals surface area contributed by atoms with Crippen LogP contribution in [0.25, 0.3) is 0 Å². The van der Waals surface area contributed by atoms with Crippen LogP contribution in [0.5, 0.6) is 0 Å². The third kappa shape index (κ3) is 3.82. The monoisotopic (exact) mass is 308 g/mol. The molecule has 1 N–H and O–H groups in total. The topological polar surface area (TPSA) is 81.4 Å². The number of carbonyl (C=O) groups excluding carboxylic acids is 2. The maximum absolute atomic E-state index is 11.9. The first kappa shape index (κ1) is 15.1. The van der Waals surface area contributed by atoms with Crippen molar-refractivity contribution >= 4 is 29.2 Å². The van der Waals surface area contributed by atoms with E-state index in [-0.39, 0.29) is 5.76 Å². The molecule has 0 bridgehead atoms. The van der Waals surface area contributed by atoms with Gasteiger partial charge in [-0.15, -0.1) is 0 Å². The highest BCUT2D eigenvalue weighted by Gasteiger charge is 2.22. The minimum absolute atomic E-state index is 0.0510. The number of halogens is 1. The summed E-state index contributed by atoms with van der Waals surface area (Å²) in [5, 5.41) is 6.55. The van der Waals surface area contributed by atoms with Crippen LogP contribution in [0.4, 0.5) is 5.69 Å². The van der Waals surface area contributed by atoms with Crippen LogP contribution in [0.3, 0.4) is 0 Å². The number of esters is 1. The molecule has 1 amide bonds. The van der Waals surface area contributed by atoms with Gasteiger partial charge in [0.2, 0.25) is 5.76 Å². The standard InChI is InChI=1S/C14H13ClN2O4/c1-8-7-12(21-17-8)14(19)20-9(2)13(18)16-11-6-4-3-5-10(11)15/h3-7,9H,1-2H3,(H,16,18)/t9-/m1/s1. The van der Waals surface area contributed by atoms with E-state index >= 15 is 0 Å². The van der Waals surface area contributed by atoms with Crippen LogP contribution < -0.4 is 5.32 Å². The fraction of sp³-hybridized carbons (Fsp3) is 0.214. The van der Waals surface area contributed by atoms with Crippen molar-refractivity contribution in [2.24, 2.45) is 0 Å². The molecule has 0 aliphatic heterocycles. The van der Waals surface area contributed by atoms with Gasteiger partial charge in [-0.25, -0.2) is 4.79 Å². The first-order valence-electron chi connectivity index (χ1n) is 6.17. The van der Waals surface area contributed by atoms with Gasteiger partial charge < -0.3 is 14.6 Å². The van der Waals surface area contributed by atoms with Crippen molar-refractivity contribution in [2.75, 3.05) is 5.32 Å². The SMILES string of the molecule is Cc1cc(C(=O)O[C@H](C)C(=O)Nc2ccccc2Cl)on1. The zero-order chi connectivity index (χ0) is 15.4. The first-order valence-corrected chi connectivity index (χ1v) is 6.55. The molecule has 0 saturated carbocycles. The Labute approximate surface area is 126 Å². The van der Waals surface area contributed by atoms with Gasteiger partial charge in [0.1, 0.15) is 0 Å². The molecule has 0 unspecified atom stereocenters. The van der Waals surface area contributed by atoms with Crippen LogP contribution in [0.2, 0.25) is 5.02 Å². The summed E-state index contributed by atoms with van der Waals surface area (Å²) in [6, 6.07) is 8.20. The zero-order valence-electron chi connectivity index (χ0n) is 11.4. The Morgan fingerprint density at radius 2 is 2.10 bits per heavy atom. The molecule has 1 aromatic carbocycles. The minimum atomic E-state index is -1.00. The summed E-state index contributed by atoms with van der Waals surface area (Å²) >= 11 is 5.93. The lowest BCUT2D eigenvalue weighted by Crippen LogP contribution is -2.30. The summed E-state index contributed by atoms with van der Waals surface area (Å²) in [5.74, 6) is -1.30. The van der Waals surface area contributed by atoms with Crippen molar-refractivity contribution < 1.29 is 18.8 Å². The fourth-order valence-corrected chi connectivity index (χ4v) is 1.71. The molecular weight excluding hydrogens is 296 g/mol. The molecule has 0 saturated heterocycles. The normalized spacial score (nSPS) is 11.8. The number of carbonyl (C=O) groups is 2. The molecule has 110 valence electrons. The van der Waals surface area contributed by atoms with Gasteiger partial charge in [0.05, 0.1) is 16.4 Å². The fourth-order valence-electron chi connectivity index (χ4n) is 1.53. The van der Waals surface area contributed by atoms with E-state index in [1.807, 2.05) is 0 Å². The van der Waals surface area contributed by atoms with Crippen LogP contribution in [0.1, 0.15) is 23.2 Å². The Hall–Kier alpha value is -2.34. The molecule has 1 heterocycles. The second kappa shape index (κ2) is 6.41. The Morgan fingerprint density at radius 3 is 2.71 bits per heavy atom. The van der Waals surface area contributed by atoms with E-state index in [0.717, 1.165) is 0 Å². The first-order chi connectivity index (χ1) is 9.97. The summed E-state index contributed by atoms with van der Waals surface area (Å²) in [5.41, 5.74) is 0.998. The molecule has 2 rings (SSSR count). The van der Waals surface area contributed by atoms with E-state index in [4.69, 9.17) is 20.9 Å². The van der Waals surface area contributed by atoms with E-state index in [9.17, 15) is 9.59 Å². The van der Waals surface area contributed by atoms with Gasteiger partial charge in [-0.3, -0.25) is 4.79 Å². The van der Waals surface area contributed by atoms with Crippen molar-refractivity contribution in [1.29, 1.82) is 0 Å². The number of hydrogen-bond donors (Lipinski definition) is 1. The quantitative estimate of drug-likeness (QED) is 0.878. The highest BCUT2D eigenvalue weighted by atomic mass is 35.5. The van der Waals surface area contributed by atoms with E-state index in [1.165, 1.54) is 13.0 Å². The average Bonchev–Trinajstić information content (AvgIpc) is 2.88. The summed E-state index contributed by atoms with van der Waals surface area (Å²) in [6.07, 6.45) is -1.00. The molecule has 0 aliphatic rings. The molecular formula is C14H13ClN2O4. The van der Waals surface area contributed by atoms with Crippen LogP contribution in [-0.2, 0) is 9.53 Å². The Kier molecular flexibility index (Phi) is 4.59. The number of benzene rings is 1. The van der Waals surface area contributed by atoms with Crippen LogP contribution in [-0.4, -0.2) is 23.1 Å². The van der Waals surface area contributed by atoms with Crippen LogP contribution in [0.15, 0.2) is 34.9 Å². The number of nitrogens with zero attached hydrogens (tertiary/aromatic N) is 1. The Balaban J connectivity index is 1.97. The number of nitrogens with one attached hydrogen (secondary N) is 1. The van der Waals surface area contributed by atoms with Crippen LogP contribution in [0, 0.1) is 6.92 Å². The maximum Gasteiger partial charge on any atom is 0.377 e. The molecule has 6 nitrogen and oxygen atoms in total. The highest BCUT2D eigenvalue weighted by molar-refractivity contribution is 6.33. The second-order valence-corrected chi connectivity index (χ2v) is 4.76. The molecule has 2 aromatic rings. The average molecular weight is 309 g/mol. The zero-order valence-corrected chi connectivity index (χ0v) is 12.2. The lowest BCUT2D eigenvalue weighted by molar-refractivity contribution is -0.123. The third-order valence-electron chi connectivity index (χ3n) is 2.61. The van der Waals surface area contributed by atoms with E-state index in [0.29, 0.717) is 16.4 Å².